The molecule has 4 heteroatoms. The molecule has 0 bridgehead atoms. The summed E-state index contributed by atoms with van der Waals surface area (Å²) in [6, 6.07) is -0.405. The lowest BCUT2D eigenvalue weighted by Gasteiger charge is -2.18. The van der Waals surface area contributed by atoms with Gasteiger partial charge in [0.05, 0.1) is 6.04 Å². The van der Waals surface area contributed by atoms with Gasteiger partial charge in [0, 0.05) is 27.3 Å². The molecular weight excluding hydrogens is 156 g/mol. The van der Waals surface area contributed by atoms with Gasteiger partial charge in [0.1, 0.15) is 0 Å². The molecule has 0 saturated carbocycles. The number of carbonyl (C=O) groups excluding carboxylic acids is 1. The number of hydrogen-bond donors (Lipinski definition) is 1. The van der Waals surface area contributed by atoms with E-state index in [9.17, 15) is 4.79 Å². The van der Waals surface area contributed by atoms with Crippen LogP contribution in [0.5, 0.6) is 0 Å². The number of amides is 1. The van der Waals surface area contributed by atoms with Crippen molar-refractivity contribution in [1.29, 1.82) is 0 Å². The molecule has 0 aromatic carbocycles. The number of carbonyl (C=O) groups is 1. The van der Waals surface area contributed by atoms with Crippen molar-refractivity contribution in [3.05, 3.63) is 0 Å². The molecule has 0 spiro atoms. The van der Waals surface area contributed by atoms with Gasteiger partial charge in [0.2, 0.25) is 5.91 Å². The summed E-state index contributed by atoms with van der Waals surface area (Å²) in [5.41, 5.74) is 5.42. The number of hydrogen-bond acceptors (Lipinski definition) is 3. The summed E-state index contributed by atoms with van der Waals surface area (Å²) in [4.78, 5) is 12.8. The van der Waals surface area contributed by atoms with Crippen LogP contribution in [0.3, 0.4) is 0 Å². The third-order valence-electron chi connectivity index (χ3n) is 1.61. The molecule has 4 nitrogen and oxygen atoms in total. The van der Waals surface area contributed by atoms with Crippen molar-refractivity contribution in [1.82, 2.24) is 4.90 Å². The molecule has 0 aromatic heterocycles. The molecule has 12 heavy (non-hydrogen) atoms. The van der Waals surface area contributed by atoms with Crippen molar-refractivity contribution in [3.63, 3.8) is 0 Å². The van der Waals surface area contributed by atoms with Gasteiger partial charge < -0.3 is 15.4 Å². The Kier molecular flexibility index (Phi) is 5.66. The van der Waals surface area contributed by atoms with Crippen LogP contribution in [-0.2, 0) is 9.53 Å². The lowest BCUT2D eigenvalue weighted by atomic mass is 10.3. The zero-order valence-corrected chi connectivity index (χ0v) is 8.04. The van der Waals surface area contributed by atoms with Gasteiger partial charge in [-0.3, -0.25) is 4.79 Å². The molecule has 0 aromatic rings. The van der Waals surface area contributed by atoms with E-state index in [0.717, 1.165) is 6.42 Å². The summed E-state index contributed by atoms with van der Waals surface area (Å²) >= 11 is 0. The minimum absolute atomic E-state index is 0.0221. The van der Waals surface area contributed by atoms with Crippen LogP contribution < -0.4 is 5.73 Å². The molecule has 0 rings (SSSR count). The molecular formula is C8H18N2O2. The van der Waals surface area contributed by atoms with E-state index in [1.54, 1.807) is 26.0 Å². The lowest BCUT2D eigenvalue weighted by Crippen LogP contribution is -2.40. The molecule has 0 saturated heterocycles. The van der Waals surface area contributed by atoms with Gasteiger partial charge in [-0.25, -0.2) is 0 Å². The van der Waals surface area contributed by atoms with E-state index in [-0.39, 0.29) is 5.91 Å². The Morgan fingerprint density at radius 3 is 2.67 bits per heavy atom. The smallest absolute Gasteiger partial charge is 0.238 e. The van der Waals surface area contributed by atoms with Crippen LogP contribution in [-0.4, -0.2) is 44.2 Å². The molecule has 2 N–H and O–H groups in total. The first-order chi connectivity index (χ1) is 5.59. The van der Waals surface area contributed by atoms with Crippen LogP contribution >= 0.6 is 0 Å². The van der Waals surface area contributed by atoms with Gasteiger partial charge in [0.25, 0.3) is 0 Å². The standard InChI is InChI=1S/C8H18N2O2/c1-7(9)8(11)10(2)5-4-6-12-3/h7H,4-6,9H2,1-3H3. The summed E-state index contributed by atoms with van der Waals surface area (Å²) in [7, 11) is 3.40. The first-order valence-corrected chi connectivity index (χ1v) is 4.09. The van der Waals surface area contributed by atoms with Crippen molar-refractivity contribution < 1.29 is 9.53 Å². The summed E-state index contributed by atoms with van der Waals surface area (Å²) < 4.78 is 4.86. The first-order valence-electron chi connectivity index (χ1n) is 4.09. The maximum atomic E-state index is 11.2. The quantitative estimate of drug-likeness (QED) is 0.589. The van der Waals surface area contributed by atoms with E-state index < -0.39 is 6.04 Å². The highest BCUT2D eigenvalue weighted by Crippen LogP contribution is 1.91. The van der Waals surface area contributed by atoms with Crippen LogP contribution in [0.4, 0.5) is 0 Å². The highest BCUT2D eigenvalue weighted by atomic mass is 16.5. The van der Waals surface area contributed by atoms with Crippen molar-refractivity contribution in [3.8, 4) is 0 Å². The lowest BCUT2D eigenvalue weighted by molar-refractivity contribution is -0.131. The maximum absolute atomic E-state index is 11.2. The number of methoxy groups -OCH3 is 1. The predicted octanol–water partition coefficient (Wildman–Crippen LogP) is -0.171. The Labute approximate surface area is 73.7 Å². The van der Waals surface area contributed by atoms with E-state index in [2.05, 4.69) is 0 Å². The number of nitrogens with two attached hydrogens (primary N) is 1. The zero-order valence-electron chi connectivity index (χ0n) is 8.04. The number of nitrogens with zero attached hydrogens (tertiary/aromatic N) is 1. The van der Waals surface area contributed by atoms with Crippen molar-refractivity contribution in [2.24, 2.45) is 5.73 Å². The van der Waals surface area contributed by atoms with Crippen LogP contribution in [0.2, 0.25) is 0 Å². The number of rotatable bonds is 5. The SMILES string of the molecule is COCCCN(C)C(=O)C(C)N. The van der Waals surface area contributed by atoms with Crippen molar-refractivity contribution in [2.75, 3.05) is 27.3 Å². The molecule has 1 atom stereocenters. The monoisotopic (exact) mass is 174 g/mol. The largest absolute Gasteiger partial charge is 0.385 e. The fourth-order valence-electron chi connectivity index (χ4n) is 0.904. The molecule has 0 fully saturated rings. The number of likely N-dealkylation sites (N-methyl/N-ethyl adjacent to an activating group) is 1. The van der Waals surface area contributed by atoms with Gasteiger partial charge in [-0.1, -0.05) is 0 Å². The average molecular weight is 174 g/mol. The summed E-state index contributed by atoms with van der Waals surface area (Å²) in [5.74, 6) is -0.0221. The van der Waals surface area contributed by atoms with E-state index in [0.29, 0.717) is 13.2 Å². The topological polar surface area (TPSA) is 55.6 Å². The Morgan fingerprint density at radius 2 is 2.25 bits per heavy atom. The summed E-state index contributed by atoms with van der Waals surface area (Å²) in [6.45, 7) is 3.07. The van der Waals surface area contributed by atoms with E-state index in [4.69, 9.17) is 10.5 Å². The normalized spacial score (nSPS) is 12.7. The van der Waals surface area contributed by atoms with E-state index >= 15 is 0 Å². The van der Waals surface area contributed by atoms with Gasteiger partial charge in [0.15, 0.2) is 0 Å². The second-order valence-electron chi connectivity index (χ2n) is 2.89. The van der Waals surface area contributed by atoms with Crippen LogP contribution in [0.25, 0.3) is 0 Å². The third kappa shape index (κ3) is 4.31. The Balaban J connectivity index is 3.57. The highest BCUT2D eigenvalue weighted by molar-refractivity contribution is 5.80. The molecule has 0 aliphatic carbocycles. The van der Waals surface area contributed by atoms with Crippen molar-refractivity contribution in [2.45, 2.75) is 19.4 Å². The summed E-state index contributed by atoms with van der Waals surface area (Å²) in [6.07, 6.45) is 0.853. The first kappa shape index (κ1) is 11.4. The van der Waals surface area contributed by atoms with Gasteiger partial charge in [-0.15, -0.1) is 0 Å². The van der Waals surface area contributed by atoms with E-state index in [1.807, 2.05) is 0 Å². The predicted molar refractivity (Wildman–Crippen MR) is 47.8 cm³/mol. The summed E-state index contributed by atoms with van der Waals surface area (Å²) in [5, 5.41) is 0. The minimum Gasteiger partial charge on any atom is -0.385 e. The fraction of sp³-hybridized carbons (Fsp3) is 0.875. The molecule has 1 unspecified atom stereocenters. The molecule has 0 radical (unpaired) electrons. The molecule has 0 heterocycles. The van der Waals surface area contributed by atoms with Crippen molar-refractivity contribution >= 4 is 5.91 Å². The Hall–Kier alpha value is -0.610. The van der Waals surface area contributed by atoms with Gasteiger partial charge in [-0.05, 0) is 13.3 Å². The second kappa shape index (κ2) is 5.97. The van der Waals surface area contributed by atoms with Gasteiger partial charge in [-0.2, -0.15) is 0 Å². The number of ether oxygens (including phenoxy) is 1. The highest BCUT2D eigenvalue weighted by Gasteiger charge is 2.11. The van der Waals surface area contributed by atoms with E-state index in [1.165, 1.54) is 0 Å². The Bertz CT molecular complexity index is 137. The molecule has 1 amide bonds. The third-order valence-corrected chi connectivity index (χ3v) is 1.61. The zero-order chi connectivity index (χ0) is 9.56. The maximum Gasteiger partial charge on any atom is 0.238 e. The van der Waals surface area contributed by atoms with Crippen LogP contribution in [0, 0.1) is 0 Å². The molecule has 0 aliphatic rings. The van der Waals surface area contributed by atoms with Gasteiger partial charge >= 0.3 is 0 Å². The van der Waals surface area contributed by atoms with Crippen LogP contribution in [0.1, 0.15) is 13.3 Å². The van der Waals surface area contributed by atoms with Crippen LogP contribution in [0.15, 0.2) is 0 Å². The Morgan fingerprint density at radius 1 is 1.67 bits per heavy atom. The molecule has 0 aliphatic heterocycles. The minimum atomic E-state index is -0.405. The second-order valence-corrected chi connectivity index (χ2v) is 2.89. The molecule has 72 valence electrons. The fourth-order valence-corrected chi connectivity index (χ4v) is 0.904. The average Bonchev–Trinajstić information content (AvgIpc) is 2.03.